The molecule has 6 atom stereocenters. The van der Waals surface area contributed by atoms with E-state index in [0.29, 0.717) is 12.8 Å². The van der Waals surface area contributed by atoms with E-state index in [2.05, 4.69) is 16.0 Å². The van der Waals surface area contributed by atoms with Crippen molar-refractivity contribution in [3.05, 3.63) is 95.2 Å². The van der Waals surface area contributed by atoms with Crippen LogP contribution in [0.1, 0.15) is 46.1 Å². The molecule has 0 radical (unpaired) electrons. The van der Waals surface area contributed by atoms with Crippen molar-refractivity contribution in [2.45, 2.75) is 44.1 Å². The zero-order chi connectivity index (χ0) is 39.8. The van der Waals surface area contributed by atoms with Crippen LogP contribution in [0.15, 0.2) is 72.8 Å². The van der Waals surface area contributed by atoms with Gasteiger partial charge >= 0.3 is 18.1 Å². The van der Waals surface area contributed by atoms with E-state index in [1.165, 1.54) is 57.2 Å². The van der Waals surface area contributed by atoms with Gasteiger partial charge in [-0.15, -0.1) is 0 Å². The van der Waals surface area contributed by atoms with Crippen LogP contribution in [0, 0.1) is 17.8 Å². The minimum atomic E-state index is -0.979. The number of hydrogen-bond donors (Lipinski definition) is 1. The molecule has 1 saturated heterocycles. The predicted octanol–water partition coefficient (Wildman–Crippen LogP) is 7.03. The second-order valence-electron chi connectivity index (χ2n) is 14.8. The minimum absolute atomic E-state index is 0.0205. The highest BCUT2D eigenvalue weighted by atomic mass is 16.7. The average Bonchev–Trinajstić information content (AvgIpc) is 3.62. The van der Waals surface area contributed by atoms with Crippen LogP contribution in [0.25, 0.3) is 21.7 Å². The number of rotatable bonds is 10. The molecule has 13 nitrogen and oxygen atoms in total. The number of aromatic amines is 1. The third-order valence-electron chi connectivity index (χ3n) is 11.9. The molecule has 13 heteroatoms. The number of carbonyl (C=O) groups excluding carboxylic acids is 3. The van der Waals surface area contributed by atoms with Gasteiger partial charge in [-0.1, -0.05) is 36.4 Å². The van der Waals surface area contributed by atoms with Crippen LogP contribution in [0.4, 0.5) is 4.79 Å². The SMILES string of the molecule is COC(=O)[C@H]1[C@H]2C[C@@H]3c4[nH]c5cc(OC)ccc5c4CCN3C[C@H]2C[C@@H](OC(=O)c2cc(OC)c(OC(=O)OCc3ccc4ccccc4c3)c(OC)c2)[C@@H]1OC. The summed E-state index contributed by atoms with van der Waals surface area (Å²) in [6.45, 7) is 1.56. The Kier molecular flexibility index (Phi) is 10.7. The van der Waals surface area contributed by atoms with E-state index < -0.39 is 36.2 Å². The number of nitrogens with one attached hydrogen (secondary N) is 1. The van der Waals surface area contributed by atoms with Crippen molar-refractivity contribution in [2.24, 2.45) is 17.8 Å². The van der Waals surface area contributed by atoms with Gasteiger partial charge in [0.25, 0.3) is 0 Å². The maximum Gasteiger partial charge on any atom is 0.514 e. The number of nitrogens with zero attached hydrogens (tertiary/aromatic N) is 1. The number of piperidine rings is 1. The molecule has 3 aliphatic rings. The van der Waals surface area contributed by atoms with Crippen LogP contribution in [0.5, 0.6) is 23.0 Å². The van der Waals surface area contributed by atoms with Gasteiger partial charge in [-0.2, -0.15) is 0 Å². The Morgan fingerprint density at radius 2 is 1.61 bits per heavy atom. The molecule has 57 heavy (non-hydrogen) atoms. The molecule has 298 valence electrons. The Balaban J connectivity index is 0.991. The van der Waals surface area contributed by atoms with Gasteiger partial charge in [-0.05, 0) is 83.3 Å². The van der Waals surface area contributed by atoms with Gasteiger partial charge in [0.2, 0.25) is 5.75 Å². The standard InChI is InChI=1S/C44H46N2O11/c1-50-29-12-13-30-31-14-15-46-22-28-19-37(41(53-4)38(43(48)54-5)32(28)21-34(46)39(31)45-33(30)20-29)56-42(47)27-17-35(51-2)40(36(18-27)52-3)57-44(49)55-23-24-10-11-25-8-6-7-9-26(25)16-24/h6-13,16-18,20,28,32,34,37-38,41,45H,14-15,19,21-23H2,1-5H3/t28-,32+,34-,37-,38+,41+/m1/s1. The van der Waals surface area contributed by atoms with E-state index >= 15 is 0 Å². The lowest BCUT2D eigenvalue weighted by atomic mass is 9.63. The molecule has 1 saturated carbocycles. The number of esters is 2. The molecular formula is C44H46N2O11. The third kappa shape index (κ3) is 7.21. The molecule has 8 rings (SSSR count). The fourth-order valence-electron chi connectivity index (χ4n) is 9.25. The summed E-state index contributed by atoms with van der Waals surface area (Å²) in [7, 11) is 7.33. The molecule has 0 bridgehead atoms. The van der Waals surface area contributed by atoms with Crippen LogP contribution >= 0.6 is 0 Å². The van der Waals surface area contributed by atoms with Crippen molar-refractivity contribution in [2.75, 3.05) is 48.6 Å². The first-order valence-electron chi connectivity index (χ1n) is 19.1. The Morgan fingerprint density at radius 1 is 0.842 bits per heavy atom. The van der Waals surface area contributed by atoms with E-state index in [4.69, 9.17) is 37.9 Å². The second-order valence-corrected chi connectivity index (χ2v) is 14.8. The molecule has 0 unspecified atom stereocenters. The summed E-state index contributed by atoms with van der Waals surface area (Å²) in [6, 6.07) is 22.7. The third-order valence-corrected chi connectivity index (χ3v) is 11.9. The van der Waals surface area contributed by atoms with Crippen LogP contribution < -0.4 is 18.9 Å². The van der Waals surface area contributed by atoms with E-state index in [9.17, 15) is 14.4 Å². The largest absolute Gasteiger partial charge is 0.514 e. The van der Waals surface area contributed by atoms with Crippen LogP contribution in [-0.2, 0) is 36.8 Å². The smallest absolute Gasteiger partial charge is 0.497 e. The highest BCUT2D eigenvalue weighted by Gasteiger charge is 2.54. The number of hydrogen-bond acceptors (Lipinski definition) is 12. The van der Waals surface area contributed by atoms with Gasteiger partial charge in [0.05, 0.1) is 46.0 Å². The number of fused-ring (bicyclic) bond motifs is 7. The lowest BCUT2D eigenvalue weighted by Gasteiger charge is -2.52. The first-order valence-corrected chi connectivity index (χ1v) is 19.1. The maximum atomic E-state index is 13.9. The molecule has 1 aromatic heterocycles. The summed E-state index contributed by atoms with van der Waals surface area (Å²) in [5.74, 6) is -0.965. The summed E-state index contributed by atoms with van der Waals surface area (Å²) >= 11 is 0. The van der Waals surface area contributed by atoms with Crippen LogP contribution in [0.2, 0.25) is 0 Å². The Labute approximate surface area is 330 Å². The van der Waals surface area contributed by atoms with Crippen LogP contribution in [-0.4, -0.2) is 88.8 Å². The molecule has 3 heterocycles. The van der Waals surface area contributed by atoms with E-state index in [-0.39, 0.29) is 47.3 Å². The molecular weight excluding hydrogens is 732 g/mol. The lowest BCUT2D eigenvalue weighted by Crippen LogP contribution is -2.58. The lowest BCUT2D eigenvalue weighted by molar-refractivity contribution is -0.176. The Hall–Kier alpha value is -5.79. The molecule has 4 aromatic carbocycles. The zero-order valence-corrected chi connectivity index (χ0v) is 32.6. The summed E-state index contributed by atoms with van der Waals surface area (Å²) in [6.07, 6.45) is -0.409. The van der Waals surface area contributed by atoms with E-state index in [1.54, 1.807) is 7.11 Å². The summed E-state index contributed by atoms with van der Waals surface area (Å²) in [4.78, 5) is 46.6. The van der Waals surface area contributed by atoms with Crippen molar-refractivity contribution in [1.29, 1.82) is 0 Å². The quantitative estimate of drug-likeness (QED) is 0.0883. The second kappa shape index (κ2) is 16.0. The highest BCUT2D eigenvalue weighted by Crippen LogP contribution is 2.51. The number of ether oxygens (including phenoxy) is 8. The van der Waals surface area contributed by atoms with Crippen molar-refractivity contribution < 1.29 is 52.3 Å². The number of methoxy groups -OCH3 is 5. The summed E-state index contributed by atoms with van der Waals surface area (Å²) in [5.41, 5.74) is 4.38. The molecule has 5 aromatic rings. The number of benzene rings is 4. The summed E-state index contributed by atoms with van der Waals surface area (Å²) < 4.78 is 45.1. The molecule has 0 amide bonds. The first kappa shape index (κ1) is 38.1. The normalized spacial score (nSPS) is 22.8. The fourth-order valence-corrected chi connectivity index (χ4v) is 9.25. The first-order chi connectivity index (χ1) is 27.7. The van der Waals surface area contributed by atoms with Crippen molar-refractivity contribution in [3.63, 3.8) is 0 Å². The predicted molar refractivity (Wildman–Crippen MR) is 209 cm³/mol. The molecule has 2 fully saturated rings. The van der Waals surface area contributed by atoms with Gasteiger partial charge < -0.3 is 42.9 Å². The topological polar surface area (TPSA) is 144 Å². The van der Waals surface area contributed by atoms with Gasteiger partial charge in [-0.25, -0.2) is 9.59 Å². The number of carbonyl (C=O) groups is 3. The van der Waals surface area contributed by atoms with Gasteiger partial charge in [0, 0.05) is 42.9 Å². The zero-order valence-electron chi connectivity index (χ0n) is 32.6. The number of aromatic nitrogens is 1. The Bertz CT molecular complexity index is 2300. The highest BCUT2D eigenvalue weighted by molar-refractivity contribution is 5.92. The van der Waals surface area contributed by atoms with Gasteiger partial charge in [0.1, 0.15) is 24.6 Å². The van der Waals surface area contributed by atoms with Crippen molar-refractivity contribution in [3.8, 4) is 23.0 Å². The van der Waals surface area contributed by atoms with Gasteiger partial charge in [-0.3, -0.25) is 9.69 Å². The van der Waals surface area contributed by atoms with Crippen LogP contribution in [0.3, 0.4) is 0 Å². The van der Waals surface area contributed by atoms with E-state index in [0.717, 1.165) is 47.1 Å². The monoisotopic (exact) mass is 778 g/mol. The van der Waals surface area contributed by atoms with Gasteiger partial charge in [0.15, 0.2) is 11.5 Å². The fraction of sp³-hybridized carbons (Fsp3) is 0.386. The molecule has 1 N–H and O–H groups in total. The molecule has 0 spiro atoms. The minimum Gasteiger partial charge on any atom is -0.497 e. The Morgan fingerprint density at radius 3 is 2.33 bits per heavy atom. The average molecular weight is 779 g/mol. The van der Waals surface area contributed by atoms with E-state index in [1.807, 2.05) is 54.6 Å². The molecule has 1 aliphatic carbocycles. The van der Waals surface area contributed by atoms with Crippen molar-refractivity contribution in [1.82, 2.24) is 9.88 Å². The molecule has 2 aliphatic heterocycles. The summed E-state index contributed by atoms with van der Waals surface area (Å²) in [5, 5.41) is 3.28. The number of H-pyrrole nitrogens is 1. The maximum absolute atomic E-state index is 13.9. The van der Waals surface area contributed by atoms with Crippen molar-refractivity contribution >= 4 is 39.8 Å².